The van der Waals surface area contributed by atoms with E-state index in [2.05, 4.69) is 13.0 Å². The predicted octanol–water partition coefficient (Wildman–Crippen LogP) is 1.99. The number of methoxy groups -OCH3 is 1. The first-order chi connectivity index (χ1) is 4.33. The Morgan fingerprint density at radius 1 is 1.78 bits per heavy atom. The molecule has 1 aliphatic carbocycles. The van der Waals surface area contributed by atoms with Crippen LogP contribution in [-0.2, 0) is 4.74 Å². The molecule has 0 N–H and O–H groups in total. The smallest absolute Gasteiger partial charge is 0.0525 e. The van der Waals surface area contributed by atoms with Gasteiger partial charge in [0.1, 0.15) is 0 Å². The summed E-state index contributed by atoms with van der Waals surface area (Å²) in [5.41, 5.74) is 1.53. The summed E-state index contributed by atoms with van der Waals surface area (Å²) in [7, 11) is 1.77. The van der Waals surface area contributed by atoms with Gasteiger partial charge in [-0.05, 0) is 19.8 Å². The lowest BCUT2D eigenvalue weighted by molar-refractivity contribution is 0.169. The monoisotopic (exact) mass is 126 g/mol. The van der Waals surface area contributed by atoms with Crippen LogP contribution in [0.4, 0.5) is 0 Å². The third-order valence-corrected chi connectivity index (χ3v) is 1.81. The molecule has 1 nitrogen and oxygen atoms in total. The van der Waals surface area contributed by atoms with Crippen LogP contribution in [0.3, 0.4) is 0 Å². The highest BCUT2D eigenvalue weighted by Gasteiger charge is 2.11. The standard InChI is InChI=1S/C8H14O/c1-7-3-4-8(5-7)6-9-2/h5,8H,3-4,6H2,1-2H3. The van der Waals surface area contributed by atoms with E-state index in [1.807, 2.05) is 0 Å². The highest BCUT2D eigenvalue weighted by molar-refractivity contribution is 5.07. The molecule has 0 spiro atoms. The number of allylic oxidation sites excluding steroid dienone is 1. The number of hydrogen-bond donors (Lipinski definition) is 0. The zero-order valence-corrected chi connectivity index (χ0v) is 6.18. The second-order valence-electron chi connectivity index (χ2n) is 2.77. The van der Waals surface area contributed by atoms with Gasteiger partial charge in [0.05, 0.1) is 6.61 Å². The first-order valence-corrected chi connectivity index (χ1v) is 3.49. The first kappa shape index (κ1) is 6.81. The maximum atomic E-state index is 5.03. The van der Waals surface area contributed by atoms with Crippen LogP contribution in [0.15, 0.2) is 11.6 Å². The minimum atomic E-state index is 0.704. The summed E-state index contributed by atoms with van der Waals surface area (Å²) in [6.07, 6.45) is 4.89. The maximum Gasteiger partial charge on any atom is 0.0525 e. The van der Waals surface area contributed by atoms with Crippen molar-refractivity contribution in [1.82, 2.24) is 0 Å². The summed E-state index contributed by atoms with van der Waals surface area (Å²) in [6, 6.07) is 0. The van der Waals surface area contributed by atoms with Crippen molar-refractivity contribution in [3.8, 4) is 0 Å². The summed E-state index contributed by atoms with van der Waals surface area (Å²) in [6.45, 7) is 3.09. The van der Waals surface area contributed by atoms with Gasteiger partial charge in [-0.3, -0.25) is 0 Å². The van der Waals surface area contributed by atoms with Crippen molar-refractivity contribution in [2.24, 2.45) is 5.92 Å². The summed E-state index contributed by atoms with van der Waals surface area (Å²) in [5.74, 6) is 0.704. The Balaban J connectivity index is 2.29. The zero-order valence-electron chi connectivity index (χ0n) is 6.18. The quantitative estimate of drug-likeness (QED) is 0.514. The van der Waals surface area contributed by atoms with E-state index in [9.17, 15) is 0 Å². The molecule has 0 saturated heterocycles. The fourth-order valence-corrected chi connectivity index (χ4v) is 1.33. The molecule has 1 unspecified atom stereocenters. The van der Waals surface area contributed by atoms with E-state index >= 15 is 0 Å². The second kappa shape index (κ2) is 3.02. The van der Waals surface area contributed by atoms with Crippen LogP contribution >= 0.6 is 0 Å². The molecule has 0 radical (unpaired) electrons. The summed E-state index contributed by atoms with van der Waals surface area (Å²) in [4.78, 5) is 0. The minimum absolute atomic E-state index is 0.704. The van der Waals surface area contributed by atoms with Crippen LogP contribution in [0.2, 0.25) is 0 Å². The van der Waals surface area contributed by atoms with Crippen molar-refractivity contribution in [3.63, 3.8) is 0 Å². The van der Waals surface area contributed by atoms with Crippen LogP contribution < -0.4 is 0 Å². The third-order valence-electron chi connectivity index (χ3n) is 1.81. The van der Waals surface area contributed by atoms with Gasteiger partial charge in [-0.1, -0.05) is 11.6 Å². The van der Waals surface area contributed by atoms with Crippen molar-refractivity contribution >= 4 is 0 Å². The average Bonchev–Trinajstić information content (AvgIpc) is 2.17. The van der Waals surface area contributed by atoms with E-state index in [4.69, 9.17) is 4.74 Å². The lowest BCUT2D eigenvalue weighted by Gasteiger charge is -2.02. The second-order valence-corrected chi connectivity index (χ2v) is 2.77. The van der Waals surface area contributed by atoms with E-state index in [0.717, 1.165) is 6.61 Å². The molecule has 9 heavy (non-hydrogen) atoms. The average molecular weight is 126 g/mol. The molecule has 0 amide bonds. The van der Waals surface area contributed by atoms with E-state index in [1.165, 1.54) is 18.4 Å². The van der Waals surface area contributed by atoms with Crippen LogP contribution in [0.5, 0.6) is 0 Å². The molecule has 0 heterocycles. The molecule has 1 rings (SSSR count). The molecule has 1 aliphatic rings. The Morgan fingerprint density at radius 2 is 2.56 bits per heavy atom. The third kappa shape index (κ3) is 1.83. The van der Waals surface area contributed by atoms with Gasteiger partial charge >= 0.3 is 0 Å². The summed E-state index contributed by atoms with van der Waals surface area (Å²) in [5, 5.41) is 0. The minimum Gasteiger partial charge on any atom is -0.384 e. The number of ether oxygens (including phenoxy) is 1. The lowest BCUT2D eigenvalue weighted by atomic mass is 10.1. The molecular weight excluding hydrogens is 112 g/mol. The summed E-state index contributed by atoms with van der Waals surface area (Å²) >= 11 is 0. The van der Waals surface area contributed by atoms with E-state index in [-0.39, 0.29) is 0 Å². The Kier molecular flexibility index (Phi) is 2.29. The van der Waals surface area contributed by atoms with Crippen molar-refractivity contribution in [3.05, 3.63) is 11.6 Å². The van der Waals surface area contributed by atoms with E-state index < -0.39 is 0 Å². The summed E-state index contributed by atoms with van der Waals surface area (Å²) < 4.78 is 5.03. The Labute approximate surface area is 56.7 Å². The SMILES string of the molecule is COCC1C=C(C)CC1. The van der Waals surface area contributed by atoms with Crippen LogP contribution in [0.1, 0.15) is 19.8 Å². The molecule has 0 aromatic carbocycles. The topological polar surface area (TPSA) is 9.23 Å². The molecule has 0 aromatic heterocycles. The Hall–Kier alpha value is -0.300. The van der Waals surface area contributed by atoms with E-state index in [1.54, 1.807) is 7.11 Å². The van der Waals surface area contributed by atoms with Gasteiger partial charge in [0.25, 0.3) is 0 Å². The van der Waals surface area contributed by atoms with Gasteiger partial charge in [0.15, 0.2) is 0 Å². The van der Waals surface area contributed by atoms with Gasteiger partial charge in [-0.15, -0.1) is 0 Å². The molecule has 0 saturated carbocycles. The number of hydrogen-bond acceptors (Lipinski definition) is 1. The molecule has 0 fully saturated rings. The van der Waals surface area contributed by atoms with Crippen molar-refractivity contribution in [2.75, 3.05) is 13.7 Å². The highest BCUT2D eigenvalue weighted by Crippen LogP contribution is 2.22. The van der Waals surface area contributed by atoms with E-state index in [0.29, 0.717) is 5.92 Å². The Bertz CT molecular complexity index is 116. The zero-order chi connectivity index (χ0) is 6.69. The van der Waals surface area contributed by atoms with Crippen molar-refractivity contribution < 1.29 is 4.74 Å². The normalized spacial score (nSPS) is 26.4. The fraction of sp³-hybridized carbons (Fsp3) is 0.750. The molecular formula is C8H14O. The first-order valence-electron chi connectivity index (χ1n) is 3.49. The van der Waals surface area contributed by atoms with Gasteiger partial charge in [-0.2, -0.15) is 0 Å². The van der Waals surface area contributed by atoms with Gasteiger partial charge in [0.2, 0.25) is 0 Å². The largest absolute Gasteiger partial charge is 0.384 e. The molecule has 0 bridgehead atoms. The molecule has 1 atom stereocenters. The fourth-order valence-electron chi connectivity index (χ4n) is 1.33. The van der Waals surface area contributed by atoms with Gasteiger partial charge in [0, 0.05) is 13.0 Å². The lowest BCUT2D eigenvalue weighted by Crippen LogP contribution is -2.00. The van der Waals surface area contributed by atoms with Crippen LogP contribution in [-0.4, -0.2) is 13.7 Å². The Morgan fingerprint density at radius 3 is 3.00 bits per heavy atom. The molecule has 52 valence electrons. The van der Waals surface area contributed by atoms with Crippen LogP contribution in [0, 0.1) is 5.92 Å². The molecule has 1 heteroatoms. The van der Waals surface area contributed by atoms with Gasteiger partial charge in [-0.25, -0.2) is 0 Å². The van der Waals surface area contributed by atoms with Crippen molar-refractivity contribution in [2.45, 2.75) is 19.8 Å². The molecule has 0 aromatic rings. The predicted molar refractivity (Wildman–Crippen MR) is 38.4 cm³/mol. The van der Waals surface area contributed by atoms with Gasteiger partial charge < -0.3 is 4.74 Å². The highest BCUT2D eigenvalue weighted by atomic mass is 16.5. The van der Waals surface area contributed by atoms with Crippen LogP contribution in [0.25, 0.3) is 0 Å². The maximum absolute atomic E-state index is 5.03. The number of rotatable bonds is 2. The van der Waals surface area contributed by atoms with Crippen molar-refractivity contribution in [1.29, 1.82) is 0 Å². The molecule has 0 aliphatic heterocycles.